The van der Waals surface area contributed by atoms with E-state index in [1.165, 1.54) is 25.7 Å². The maximum atomic E-state index is 13.3. The van der Waals surface area contributed by atoms with Gasteiger partial charge in [0.1, 0.15) is 6.04 Å². The van der Waals surface area contributed by atoms with Crippen molar-refractivity contribution in [2.24, 2.45) is 29.4 Å². The van der Waals surface area contributed by atoms with Crippen LogP contribution in [0, 0.1) is 23.7 Å². The molecular weight excluding hydrogens is 378 g/mol. The van der Waals surface area contributed by atoms with Gasteiger partial charge in [0, 0.05) is 24.9 Å². The Morgan fingerprint density at radius 1 is 1.10 bits per heavy atom. The summed E-state index contributed by atoms with van der Waals surface area (Å²) in [7, 11) is 0. The van der Waals surface area contributed by atoms with Crippen LogP contribution in [-0.4, -0.2) is 41.8 Å². The smallest absolute Gasteiger partial charge is 0.245 e. The molecule has 0 aromatic carbocycles. The Morgan fingerprint density at radius 3 is 2.37 bits per heavy atom. The van der Waals surface area contributed by atoms with Crippen molar-refractivity contribution in [2.45, 2.75) is 97.4 Å². The maximum absolute atomic E-state index is 13.3. The van der Waals surface area contributed by atoms with Crippen molar-refractivity contribution in [3.05, 3.63) is 0 Å². The Hall–Kier alpha value is -1.59. The molecule has 2 rings (SSSR count). The van der Waals surface area contributed by atoms with Crippen LogP contribution >= 0.6 is 0 Å². The predicted octanol–water partition coefficient (Wildman–Crippen LogP) is 3.63. The van der Waals surface area contributed by atoms with Crippen LogP contribution in [0.2, 0.25) is 0 Å². The lowest BCUT2D eigenvalue weighted by Gasteiger charge is -2.30. The summed E-state index contributed by atoms with van der Waals surface area (Å²) < 4.78 is 0. The number of nitrogens with zero attached hydrogens (tertiary/aromatic N) is 1. The van der Waals surface area contributed by atoms with Crippen LogP contribution in [0.4, 0.5) is 0 Å². The van der Waals surface area contributed by atoms with Gasteiger partial charge in [0.25, 0.3) is 0 Å². The van der Waals surface area contributed by atoms with Gasteiger partial charge in [0.05, 0.1) is 0 Å². The first-order valence-electron chi connectivity index (χ1n) is 12.2. The van der Waals surface area contributed by atoms with E-state index in [0.29, 0.717) is 25.2 Å². The van der Waals surface area contributed by atoms with E-state index in [9.17, 15) is 14.4 Å². The summed E-state index contributed by atoms with van der Waals surface area (Å²) in [5.41, 5.74) is 5.70. The van der Waals surface area contributed by atoms with Crippen LogP contribution < -0.4 is 11.1 Å². The molecule has 0 radical (unpaired) electrons. The standard InChI is InChI=1S/C24H43N3O3/c1-4-5-12-19(22(25)28)20(15-17(2)3)23(29)26-21-13-8-9-14-27(24(21)30)16-18-10-6-7-11-18/h17-21H,4-16H2,1-3H3,(H2,25,28)(H,26,29)/t19-,20+,21-/m0/s1. The van der Waals surface area contributed by atoms with Crippen molar-refractivity contribution >= 4 is 17.7 Å². The van der Waals surface area contributed by atoms with Crippen LogP contribution in [0.5, 0.6) is 0 Å². The molecule has 0 bridgehead atoms. The van der Waals surface area contributed by atoms with Crippen molar-refractivity contribution < 1.29 is 14.4 Å². The molecule has 0 aromatic rings. The van der Waals surface area contributed by atoms with Crippen LogP contribution in [0.25, 0.3) is 0 Å². The molecule has 0 unspecified atom stereocenters. The van der Waals surface area contributed by atoms with E-state index in [1.807, 2.05) is 4.90 Å². The van der Waals surface area contributed by atoms with Gasteiger partial charge in [0.15, 0.2) is 0 Å². The van der Waals surface area contributed by atoms with Crippen LogP contribution in [0.3, 0.4) is 0 Å². The Balaban J connectivity index is 2.08. The monoisotopic (exact) mass is 421 g/mol. The second-order valence-corrected chi connectivity index (χ2v) is 9.88. The third-order valence-corrected chi connectivity index (χ3v) is 6.83. The SMILES string of the molecule is CCCC[C@H](C(N)=O)[C@@H](CC(C)C)C(=O)N[C@H]1CCCCN(CC2CCCC2)C1=O. The zero-order valence-corrected chi connectivity index (χ0v) is 19.3. The fraction of sp³-hybridized carbons (Fsp3) is 0.875. The average molecular weight is 422 g/mol. The number of hydrogen-bond donors (Lipinski definition) is 2. The molecular formula is C24H43N3O3. The topological polar surface area (TPSA) is 92.5 Å². The van der Waals surface area contributed by atoms with E-state index in [4.69, 9.17) is 5.73 Å². The molecule has 6 nitrogen and oxygen atoms in total. The Kier molecular flexibility index (Phi) is 10.1. The van der Waals surface area contributed by atoms with Crippen molar-refractivity contribution in [3.8, 4) is 0 Å². The molecule has 2 fully saturated rings. The highest BCUT2D eigenvalue weighted by molar-refractivity contribution is 5.91. The van der Waals surface area contributed by atoms with Gasteiger partial charge in [-0.1, -0.05) is 46.5 Å². The van der Waals surface area contributed by atoms with Gasteiger partial charge in [-0.05, 0) is 56.8 Å². The first kappa shape index (κ1) is 24.7. The number of unbranched alkanes of at least 4 members (excludes halogenated alkanes) is 1. The Bertz CT molecular complexity index is 572. The quantitative estimate of drug-likeness (QED) is 0.533. The minimum absolute atomic E-state index is 0.0558. The molecule has 1 aliphatic heterocycles. The minimum atomic E-state index is -0.476. The molecule has 1 heterocycles. The number of hydrogen-bond acceptors (Lipinski definition) is 3. The zero-order valence-electron chi connectivity index (χ0n) is 19.3. The molecule has 3 atom stereocenters. The zero-order chi connectivity index (χ0) is 22.1. The third-order valence-electron chi connectivity index (χ3n) is 6.83. The number of carbonyl (C=O) groups is 3. The average Bonchev–Trinajstić information content (AvgIpc) is 3.14. The van der Waals surface area contributed by atoms with Crippen molar-refractivity contribution in [1.82, 2.24) is 10.2 Å². The predicted molar refractivity (Wildman–Crippen MR) is 119 cm³/mol. The summed E-state index contributed by atoms with van der Waals surface area (Å²) in [5.74, 6) is -0.585. The van der Waals surface area contributed by atoms with Crippen molar-refractivity contribution in [1.29, 1.82) is 0 Å². The van der Waals surface area contributed by atoms with Gasteiger partial charge >= 0.3 is 0 Å². The first-order chi connectivity index (χ1) is 14.3. The Morgan fingerprint density at radius 2 is 1.77 bits per heavy atom. The Labute approximate surface area is 182 Å². The molecule has 1 saturated heterocycles. The highest BCUT2D eigenvalue weighted by Gasteiger charge is 2.36. The lowest BCUT2D eigenvalue weighted by Crippen LogP contribution is -2.51. The summed E-state index contributed by atoms with van der Waals surface area (Å²) in [5, 5.41) is 3.04. The molecule has 172 valence electrons. The van der Waals surface area contributed by atoms with E-state index in [2.05, 4.69) is 26.1 Å². The van der Waals surface area contributed by atoms with E-state index in [1.54, 1.807) is 0 Å². The molecule has 3 amide bonds. The summed E-state index contributed by atoms with van der Waals surface area (Å²) in [6, 6.07) is -0.476. The summed E-state index contributed by atoms with van der Waals surface area (Å²) in [6.45, 7) is 7.79. The second kappa shape index (κ2) is 12.3. The van der Waals surface area contributed by atoms with Crippen LogP contribution in [0.1, 0.15) is 91.4 Å². The van der Waals surface area contributed by atoms with Gasteiger partial charge in [-0.3, -0.25) is 14.4 Å². The number of carbonyl (C=O) groups excluding carboxylic acids is 3. The largest absolute Gasteiger partial charge is 0.369 e. The fourth-order valence-electron chi connectivity index (χ4n) is 5.13. The van der Waals surface area contributed by atoms with Gasteiger partial charge in [-0.15, -0.1) is 0 Å². The third kappa shape index (κ3) is 7.28. The highest BCUT2D eigenvalue weighted by Crippen LogP contribution is 2.28. The number of nitrogens with one attached hydrogen (secondary N) is 1. The fourth-order valence-corrected chi connectivity index (χ4v) is 5.13. The van der Waals surface area contributed by atoms with Gasteiger partial charge in [-0.2, -0.15) is 0 Å². The number of nitrogens with two attached hydrogens (primary N) is 1. The second-order valence-electron chi connectivity index (χ2n) is 9.88. The van der Waals surface area contributed by atoms with E-state index < -0.39 is 23.8 Å². The number of amides is 3. The van der Waals surface area contributed by atoms with Crippen LogP contribution in [0.15, 0.2) is 0 Å². The minimum Gasteiger partial charge on any atom is -0.369 e. The van der Waals surface area contributed by atoms with E-state index in [0.717, 1.165) is 38.8 Å². The van der Waals surface area contributed by atoms with Crippen molar-refractivity contribution in [3.63, 3.8) is 0 Å². The molecule has 0 aromatic heterocycles. The van der Waals surface area contributed by atoms with Crippen molar-refractivity contribution in [2.75, 3.05) is 13.1 Å². The van der Waals surface area contributed by atoms with Gasteiger partial charge in [0.2, 0.25) is 17.7 Å². The highest BCUT2D eigenvalue weighted by atomic mass is 16.2. The maximum Gasteiger partial charge on any atom is 0.245 e. The van der Waals surface area contributed by atoms with Gasteiger partial charge < -0.3 is 16.0 Å². The normalized spacial score (nSPS) is 22.7. The molecule has 1 saturated carbocycles. The summed E-state index contributed by atoms with van der Waals surface area (Å²) in [6.07, 6.45) is 10.6. The molecule has 3 N–H and O–H groups in total. The number of likely N-dealkylation sites (tertiary alicyclic amines) is 1. The lowest BCUT2D eigenvalue weighted by molar-refractivity contribution is -0.139. The van der Waals surface area contributed by atoms with E-state index in [-0.39, 0.29) is 17.7 Å². The molecule has 30 heavy (non-hydrogen) atoms. The summed E-state index contributed by atoms with van der Waals surface area (Å²) in [4.78, 5) is 40.6. The number of primary amides is 1. The molecule has 6 heteroatoms. The number of rotatable bonds is 11. The summed E-state index contributed by atoms with van der Waals surface area (Å²) >= 11 is 0. The first-order valence-corrected chi connectivity index (χ1v) is 12.2. The molecule has 2 aliphatic rings. The lowest BCUT2D eigenvalue weighted by atomic mass is 9.81. The van der Waals surface area contributed by atoms with Gasteiger partial charge in [-0.25, -0.2) is 0 Å². The molecule has 0 spiro atoms. The van der Waals surface area contributed by atoms with Crippen LogP contribution in [-0.2, 0) is 14.4 Å². The van der Waals surface area contributed by atoms with E-state index >= 15 is 0 Å². The molecule has 1 aliphatic carbocycles.